The average molecular weight is 263 g/mol. The highest BCUT2D eigenvalue weighted by atomic mass is 16.5. The van der Waals surface area contributed by atoms with Crippen molar-refractivity contribution in [3.63, 3.8) is 0 Å². The first-order chi connectivity index (χ1) is 9.20. The van der Waals surface area contributed by atoms with E-state index in [4.69, 9.17) is 0 Å². The zero-order valence-corrected chi connectivity index (χ0v) is 11.3. The van der Waals surface area contributed by atoms with E-state index in [-0.39, 0.29) is 12.1 Å². The van der Waals surface area contributed by atoms with E-state index >= 15 is 0 Å². The van der Waals surface area contributed by atoms with E-state index in [0.717, 1.165) is 37.9 Å². The van der Waals surface area contributed by atoms with Crippen LogP contribution in [0.3, 0.4) is 0 Å². The molecule has 0 bridgehead atoms. The van der Waals surface area contributed by atoms with Gasteiger partial charge in [0.2, 0.25) is 0 Å². The van der Waals surface area contributed by atoms with Crippen molar-refractivity contribution in [2.75, 3.05) is 13.7 Å². The van der Waals surface area contributed by atoms with E-state index < -0.39 is 0 Å². The van der Waals surface area contributed by atoms with Crippen LogP contribution in [0.15, 0.2) is 24.3 Å². The van der Waals surface area contributed by atoms with E-state index in [2.05, 4.69) is 10.1 Å². The molecule has 0 aromatic heterocycles. The summed E-state index contributed by atoms with van der Waals surface area (Å²) in [6.45, 7) is 1.60. The Kier molecular flexibility index (Phi) is 4.93. The normalized spacial score (nSPS) is 22.4. The summed E-state index contributed by atoms with van der Waals surface area (Å²) in [6, 6.07) is 7.38. The predicted octanol–water partition coefficient (Wildman–Crippen LogP) is 1.72. The van der Waals surface area contributed by atoms with E-state index in [1.807, 2.05) is 12.1 Å². The number of benzene rings is 1. The maximum atomic E-state index is 11.3. The van der Waals surface area contributed by atoms with Crippen molar-refractivity contribution < 1.29 is 14.6 Å². The number of methoxy groups -OCH3 is 1. The lowest BCUT2D eigenvalue weighted by Gasteiger charge is -2.15. The molecule has 1 aliphatic rings. The summed E-state index contributed by atoms with van der Waals surface area (Å²) in [5.41, 5.74) is 1.69. The Morgan fingerprint density at radius 3 is 2.68 bits per heavy atom. The highest BCUT2D eigenvalue weighted by Gasteiger charge is 2.24. The minimum atomic E-state index is -0.311. The zero-order valence-electron chi connectivity index (χ0n) is 11.3. The summed E-state index contributed by atoms with van der Waals surface area (Å²) in [4.78, 5) is 11.3. The smallest absolute Gasteiger partial charge is 0.337 e. The molecule has 0 heterocycles. The van der Waals surface area contributed by atoms with Crippen LogP contribution in [-0.4, -0.2) is 30.8 Å². The molecule has 104 valence electrons. The van der Waals surface area contributed by atoms with Crippen molar-refractivity contribution in [2.45, 2.75) is 31.9 Å². The molecule has 1 aliphatic carbocycles. The number of carbonyl (C=O) groups excluding carboxylic acids is 1. The molecule has 1 aromatic rings. The van der Waals surface area contributed by atoms with Gasteiger partial charge >= 0.3 is 5.97 Å². The monoisotopic (exact) mass is 263 g/mol. The quantitative estimate of drug-likeness (QED) is 0.794. The highest BCUT2D eigenvalue weighted by Crippen LogP contribution is 2.24. The van der Waals surface area contributed by atoms with Crippen molar-refractivity contribution in [1.82, 2.24) is 5.32 Å². The number of hydrogen-bond acceptors (Lipinski definition) is 4. The predicted molar refractivity (Wildman–Crippen MR) is 72.8 cm³/mol. The van der Waals surface area contributed by atoms with Gasteiger partial charge in [-0.2, -0.15) is 0 Å². The van der Waals surface area contributed by atoms with Gasteiger partial charge < -0.3 is 15.2 Å². The van der Waals surface area contributed by atoms with Crippen molar-refractivity contribution in [3.8, 4) is 0 Å². The fourth-order valence-electron chi connectivity index (χ4n) is 2.53. The van der Waals surface area contributed by atoms with Gasteiger partial charge in [0, 0.05) is 13.1 Å². The molecular weight excluding hydrogens is 242 g/mol. The number of nitrogens with one attached hydrogen (secondary N) is 1. The zero-order chi connectivity index (χ0) is 13.7. The van der Waals surface area contributed by atoms with Gasteiger partial charge in [0.25, 0.3) is 0 Å². The lowest BCUT2D eigenvalue weighted by molar-refractivity contribution is 0.0600. The average Bonchev–Trinajstić information content (AvgIpc) is 2.84. The minimum absolute atomic E-state index is 0.144. The molecule has 2 rings (SSSR count). The van der Waals surface area contributed by atoms with Crippen LogP contribution in [-0.2, 0) is 11.3 Å². The number of hydrogen-bond donors (Lipinski definition) is 2. The molecule has 4 nitrogen and oxygen atoms in total. The number of carbonyl (C=O) groups is 1. The molecule has 1 aromatic carbocycles. The largest absolute Gasteiger partial charge is 0.465 e. The highest BCUT2D eigenvalue weighted by molar-refractivity contribution is 5.89. The number of esters is 1. The second-order valence-corrected chi connectivity index (χ2v) is 5.08. The Labute approximate surface area is 113 Å². The van der Waals surface area contributed by atoms with Crippen LogP contribution in [0.1, 0.15) is 35.2 Å². The number of rotatable bonds is 5. The first kappa shape index (κ1) is 14.0. The van der Waals surface area contributed by atoms with Gasteiger partial charge in [-0.1, -0.05) is 18.6 Å². The van der Waals surface area contributed by atoms with Gasteiger partial charge in [0.1, 0.15) is 0 Å². The standard InChI is InChI=1S/C15H21NO3/c1-19-15(18)12-7-5-11(6-8-12)9-16-10-13-3-2-4-14(13)17/h5-8,13-14,16-17H,2-4,9-10H2,1H3. The third-order valence-electron chi connectivity index (χ3n) is 3.73. The molecule has 1 saturated carbocycles. The van der Waals surface area contributed by atoms with Crippen molar-refractivity contribution in [3.05, 3.63) is 35.4 Å². The SMILES string of the molecule is COC(=O)c1ccc(CNCC2CCCC2O)cc1. The number of aliphatic hydroxyl groups excluding tert-OH is 1. The Balaban J connectivity index is 1.78. The second-order valence-electron chi connectivity index (χ2n) is 5.08. The van der Waals surface area contributed by atoms with Gasteiger partial charge in [0.05, 0.1) is 18.8 Å². The van der Waals surface area contributed by atoms with Gasteiger partial charge in [-0.05, 0) is 36.5 Å². The number of aliphatic hydroxyl groups is 1. The summed E-state index contributed by atoms with van der Waals surface area (Å²) < 4.78 is 4.65. The molecule has 2 atom stereocenters. The molecule has 4 heteroatoms. The fraction of sp³-hybridized carbons (Fsp3) is 0.533. The molecule has 0 radical (unpaired) electrons. The van der Waals surface area contributed by atoms with Crippen molar-refractivity contribution in [2.24, 2.45) is 5.92 Å². The maximum absolute atomic E-state index is 11.3. The van der Waals surface area contributed by atoms with Crippen LogP contribution in [0, 0.1) is 5.92 Å². The molecule has 19 heavy (non-hydrogen) atoms. The summed E-state index contributed by atoms with van der Waals surface area (Å²) in [7, 11) is 1.38. The Hall–Kier alpha value is -1.39. The molecule has 1 fully saturated rings. The van der Waals surface area contributed by atoms with Gasteiger partial charge in [-0.15, -0.1) is 0 Å². The molecule has 2 unspecified atom stereocenters. The molecular formula is C15H21NO3. The Morgan fingerprint density at radius 2 is 2.11 bits per heavy atom. The number of ether oxygens (including phenoxy) is 1. The maximum Gasteiger partial charge on any atom is 0.337 e. The topological polar surface area (TPSA) is 58.6 Å². The van der Waals surface area contributed by atoms with Crippen LogP contribution in [0.5, 0.6) is 0 Å². The van der Waals surface area contributed by atoms with Crippen LogP contribution in [0.2, 0.25) is 0 Å². The second kappa shape index (κ2) is 6.68. The van der Waals surface area contributed by atoms with Crippen LogP contribution in [0.25, 0.3) is 0 Å². The van der Waals surface area contributed by atoms with E-state index in [9.17, 15) is 9.90 Å². The molecule has 2 N–H and O–H groups in total. The Morgan fingerprint density at radius 1 is 1.37 bits per heavy atom. The third-order valence-corrected chi connectivity index (χ3v) is 3.73. The van der Waals surface area contributed by atoms with Gasteiger partial charge in [-0.3, -0.25) is 0 Å². The van der Waals surface area contributed by atoms with E-state index in [0.29, 0.717) is 11.5 Å². The summed E-state index contributed by atoms with van der Waals surface area (Å²) >= 11 is 0. The lowest BCUT2D eigenvalue weighted by Crippen LogP contribution is -2.27. The first-order valence-corrected chi connectivity index (χ1v) is 6.76. The summed E-state index contributed by atoms with van der Waals surface area (Å²) in [5, 5.41) is 13.1. The van der Waals surface area contributed by atoms with Crippen molar-refractivity contribution >= 4 is 5.97 Å². The molecule has 0 amide bonds. The third kappa shape index (κ3) is 3.78. The lowest BCUT2D eigenvalue weighted by atomic mass is 10.1. The van der Waals surface area contributed by atoms with E-state index in [1.165, 1.54) is 7.11 Å². The van der Waals surface area contributed by atoms with Gasteiger partial charge in [-0.25, -0.2) is 4.79 Å². The summed E-state index contributed by atoms with van der Waals surface area (Å²) in [5.74, 6) is 0.0722. The van der Waals surface area contributed by atoms with Crippen LogP contribution >= 0.6 is 0 Å². The first-order valence-electron chi connectivity index (χ1n) is 6.76. The van der Waals surface area contributed by atoms with Crippen LogP contribution < -0.4 is 5.32 Å². The molecule has 0 aliphatic heterocycles. The summed E-state index contributed by atoms with van der Waals surface area (Å²) in [6.07, 6.45) is 3.02. The van der Waals surface area contributed by atoms with Gasteiger partial charge in [0.15, 0.2) is 0 Å². The van der Waals surface area contributed by atoms with E-state index in [1.54, 1.807) is 12.1 Å². The molecule has 0 spiro atoms. The van der Waals surface area contributed by atoms with Crippen LogP contribution in [0.4, 0.5) is 0 Å². The molecule has 0 saturated heterocycles. The van der Waals surface area contributed by atoms with Crippen molar-refractivity contribution in [1.29, 1.82) is 0 Å². The Bertz CT molecular complexity index is 416. The fourth-order valence-corrected chi connectivity index (χ4v) is 2.53. The minimum Gasteiger partial charge on any atom is -0.465 e.